The summed E-state index contributed by atoms with van der Waals surface area (Å²) in [5, 5.41) is 12.6. The summed E-state index contributed by atoms with van der Waals surface area (Å²) in [7, 11) is 0. The lowest BCUT2D eigenvalue weighted by molar-refractivity contribution is -0.141. The van der Waals surface area contributed by atoms with Gasteiger partial charge in [0.2, 0.25) is 11.8 Å². The first-order valence-corrected chi connectivity index (χ1v) is 7.59. The molecule has 2 aliphatic heterocycles. The first kappa shape index (κ1) is 15.3. The summed E-state index contributed by atoms with van der Waals surface area (Å²) >= 11 is 0. The highest BCUT2D eigenvalue weighted by Gasteiger charge is 2.31. The summed E-state index contributed by atoms with van der Waals surface area (Å²) < 4.78 is 0. The average Bonchev–Trinajstić information content (AvgIpc) is 2.44. The van der Waals surface area contributed by atoms with E-state index < -0.39 is 0 Å². The Morgan fingerprint density at radius 2 is 2.05 bits per heavy atom. The van der Waals surface area contributed by atoms with Crippen molar-refractivity contribution in [3.63, 3.8) is 0 Å². The molecule has 2 saturated heterocycles. The van der Waals surface area contributed by atoms with Crippen molar-refractivity contribution >= 4 is 11.8 Å². The number of aliphatic hydroxyl groups excluding tert-OH is 1. The summed E-state index contributed by atoms with van der Waals surface area (Å²) in [5.74, 6) is 0.0598. The summed E-state index contributed by atoms with van der Waals surface area (Å²) in [6.07, 6.45) is 2.17. The van der Waals surface area contributed by atoms with Crippen LogP contribution in [0.15, 0.2) is 0 Å². The highest BCUT2D eigenvalue weighted by atomic mass is 16.3. The molecule has 2 N–H and O–H groups in total. The minimum absolute atomic E-state index is 0.0149. The van der Waals surface area contributed by atoms with Gasteiger partial charge in [-0.15, -0.1) is 0 Å². The molecular weight excluding hydrogens is 258 g/mol. The van der Waals surface area contributed by atoms with Crippen molar-refractivity contribution in [2.24, 2.45) is 0 Å². The van der Waals surface area contributed by atoms with Gasteiger partial charge in [-0.1, -0.05) is 6.92 Å². The van der Waals surface area contributed by atoms with Gasteiger partial charge in [0.1, 0.15) is 0 Å². The molecule has 6 heteroatoms. The van der Waals surface area contributed by atoms with Crippen LogP contribution in [-0.4, -0.2) is 71.6 Å². The molecule has 0 bridgehead atoms. The second kappa shape index (κ2) is 7.04. The maximum atomic E-state index is 12.2. The predicted molar refractivity (Wildman–Crippen MR) is 75.1 cm³/mol. The van der Waals surface area contributed by atoms with E-state index in [1.54, 1.807) is 4.90 Å². The number of nitrogens with one attached hydrogen (secondary N) is 1. The molecule has 6 nitrogen and oxygen atoms in total. The number of nitrogens with zero attached hydrogens (tertiary/aromatic N) is 2. The minimum Gasteiger partial charge on any atom is -0.393 e. The molecule has 114 valence electrons. The monoisotopic (exact) mass is 283 g/mol. The molecule has 2 fully saturated rings. The predicted octanol–water partition coefficient (Wildman–Crippen LogP) is -0.430. The molecule has 2 heterocycles. The number of carbonyl (C=O) groups excluding carboxylic acids is 2. The van der Waals surface area contributed by atoms with Gasteiger partial charge in [0.05, 0.1) is 18.6 Å². The lowest BCUT2D eigenvalue weighted by atomic mass is 10.1. The Kier molecular flexibility index (Phi) is 5.37. The number of rotatable bonds is 4. The van der Waals surface area contributed by atoms with E-state index in [0.29, 0.717) is 25.9 Å². The van der Waals surface area contributed by atoms with Crippen LogP contribution in [-0.2, 0) is 9.59 Å². The van der Waals surface area contributed by atoms with Crippen molar-refractivity contribution in [1.29, 1.82) is 0 Å². The number of carbonyl (C=O) groups is 2. The van der Waals surface area contributed by atoms with Crippen LogP contribution in [0.25, 0.3) is 0 Å². The van der Waals surface area contributed by atoms with Gasteiger partial charge in [-0.3, -0.25) is 9.59 Å². The summed E-state index contributed by atoms with van der Waals surface area (Å²) in [6, 6.07) is -0.380. The summed E-state index contributed by atoms with van der Waals surface area (Å²) in [6.45, 7) is 5.49. The Morgan fingerprint density at radius 3 is 2.70 bits per heavy atom. The van der Waals surface area contributed by atoms with E-state index in [9.17, 15) is 14.7 Å². The van der Waals surface area contributed by atoms with Crippen LogP contribution < -0.4 is 5.32 Å². The van der Waals surface area contributed by atoms with Gasteiger partial charge in [-0.05, 0) is 19.3 Å². The molecule has 0 aromatic rings. The lowest BCUT2D eigenvalue weighted by Gasteiger charge is -2.35. The fourth-order valence-electron chi connectivity index (χ4n) is 2.86. The summed E-state index contributed by atoms with van der Waals surface area (Å²) in [5.41, 5.74) is 0. The zero-order chi connectivity index (χ0) is 14.5. The molecule has 0 radical (unpaired) electrons. The molecule has 0 aliphatic carbocycles. The van der Waals surface area contributed by atoms with Gasteiger partial charge in [-0.25, -0.2) is 0 Å². The number of hydrogen-bond donors (Lipinski definition) is 2. The Balaban J connectivity index is 1.85. The fraction of sp³-hybridized carbons (Fsp3) is 0.857. The van der Waals surface area contributed by atoms with Crippen molar-refractivity contribution in [1.82, 2.24) is 15.1 Å². The van der Waals surface area contributed by atoms with Crippen molar-refractivity contribution in [2.75, 3.05) is 32.7 Å². The van der Waals surface area contributed by atoms with Crippen LogP contribution in [0.5, 0.6) is 0 Å². The lowest BCUT2D eigenvalue weighted by Crippen LogP contribution is -2.56. The Hall–Kier alpha value is -1.14. The van der Waals surface area contributed by atoms with Crippen molar-refractivity contribution < 1.29 is 14.7 Å². The van der Waals surface area contributed by atoms with Gasteiger partial charge >= 0.3 is 0 Å². The number of aliphatic hydroxyl groups is 1. The third-order valence-corrected chi connectivity index (χ3v) is 4.07. The zero-order valence-electron chi connectivity index (χ0n) is 12.2. The van der Waals surface area contributed by atoms with Gasteiger partial charge in [-0.2, -0.15) is 0 Å². The van der Waals surface area contributed by atoms with Crippen molar-refractivity contribution in [3.05, 3.63) is 0 Å². The van der Waals surface area contributed by atoms with Crippen LogP contribution in [0, 0.1) is 0 Å². The Bertz CT molecular complexity index is 352. The SMILES string of the molecule is CCCN1CCNC(CC(=O)N2CCC(O)CC2)C1=O. The molecule has 0 spiro atoms. The van der Waals surface area contributed by atoms with E-state index >= 15 is 0 Å². The molecule has 1 atom stereocenters. The molecule has 20 heavy (non-hydrogen) atoms. The standard InChI is InChI=1S/C14H25N3O3/c1-2-6-17-9-5-15-12(14(17)20)10-13(19)16-7-3-11(18)4-8-16/h11-12,15,18H,2-10H2,1H3. The third kappa shape index (κ3) is 3.70. The number of hydrogen-bond acceptors (Lipinski definition) is 4. The van der Waals surface area contributed by atoms with Crippen LogP contribution in [0.2, 0.25) is 0 Å². The first-order valence-electron chi connectivity index (χ1n) is 7.59. The van der Waals surface area contributed by atoms with Crippen LogP contribution in [0.3, 0.4) is 0 Å². The average molecular weight is 283 g/mol. The molecule has 2 amide bonds. The number of amides is 2. The smallest absolute Gasteiger partial charge is 0.240 e. The van der Waals surface area contributed by atoms with Crippen LogP contribution in [0.1, 0.15) is 32.6 Å². The fourth-order valence-corrected chi connectivity index (χ4v) is 2.86. The highest BCUT2D eigenvalue weighted by Crippen LogP contribution is 2.13. The molecule has 2 aliphatic rings. The van der Waals surface area contributed by atoms with Gasteiger partial charge in [0.15, 0.2) is 0 Å². The zero-order valence-corrected chi connectivity index (χ0v) is 12.2. The van der Waals surface area contributed by atoms with Gasteiger partial charge in [0, 0.05) is 32.7 Å². The molecule has 0 saturated carbocycles. The molecular formula is C14H25N3O3. The maximum absolute atomic E-state index is 12.2. The summed E-state index contributed by atoms with van der Waals surface area (Å²) in [4.78, 5) is 28.1. The first-order chi connectivity index (χ1) is 9.61. The van der Waals surface area contributed by atoms with E-state index in [1.807, 2.05) is 4.90 Å². The Morgan fingerprint density at radius 1 is 1.35 bits per heavy atom. The minimum atomic E-state index is -0.380. The van der Waals surface area contributed by atoms with Crippen molar-refractivity contribution in [2.45, 2.75) is 44.8 Å². The second-order valence-electron chi connectivity index (χ2n) is 5.65. The number of likely N-dealkylation sites (tertiary alicyclic amines) is 1. The van der Waals surface area contributed by atoms with Crippen molar-refractivity contribution in [3.8, 4) is 0 Å². The third-order valence-electron chi connectivity index (χ3n) is 4.07. The van der Waals surface area contributed by atoms with Crippen LogP contribution >= 0.6 is 0 Å². The van der Waals surface area contributed by atoms with Gasteiger partial charge in [0.25, 0.3) is 0 Å². The topological polar surface area (TPSA) is 72.9 Å². The largest absolute Gasteiger partial charge is 0.393 e. The highest BCUT2D eigenvalue weighted by molar-refractivity contribution is 5.89. The van der Waals surface area contributed by atoms with E-state index in [2.05, 4.69) is 12.2 Å². The number of piperazine rings is 1. The molecule has 2 rings (SSSR count). The maximum Gasteiger partial charge on any atom is 0.240 e. The van der Waals surface area contributed by atoms with E-state index in [1.165, 1.54) is 0 Å². The second-order valence-corrected chi connectivity index (χ2v) is 5.65. The van der Waals surface area contributed by atoms with Gasteiger partial charge < -0.3 is 20.2 Å². The normalized spacial score (nSPS) is 25.1. The van der Waals surface area contributed by atoms with E-state index in [-0.39, 0.29) is 30.4 Å². The van der Waals surface area contributed by atoms with Crippen LogP contribution in [0.4, 0.5) is 0 Å². The molecule has 0 aromatic heterocycles. The molecule has 1 unspecified atom stereocenters. The quantitative estimate of drug-likeness (QED) is 0.734. The van der Waals surface area contributed by atoms with E-state index in [0.717, 1.165) is 26.1 Å². The number of piperidine rings is 1. The molecule has 0 aromatic carbocycles. The van der Waals surface area contributed by atoms with E-state index in [4.69, 9.17) is 0 Å². The Labute approximate surface area is 120 Å².